The van der Waals surface area contributed by atoms with Crippen LogP contribution in [0.4, 0.5) is 0 Å². The predicted octanol–water partition coefficient (Wildman–Crippen LogP) is 5.69. The first-order chi connectivity index (χ1) is 12.8. The summed E-state index contributed by atoms with van der Waals surface area (Å²) in [5.41, 5.74) is 1.97. The van der Waals surface area contributed by atoms with Gasteiger partial charge in [-0.15, -0.1) is 0 Å². The van der Waals surface area contributed by atoms with Gasteiger partial charge in [-0.3, -0.25) is 4.79 Å². The van der Waals surface area contributed by atoms with Crippen LogP contribution in [0, 0.1) is 0 Å². The van der Waals surface area contributed by atoms with E-state index in [9.17, 15) is 4.79 Å². The van der Waals surface area contributed by atoms with E-state index in [-0.39, 0.29) is 5.97 Å². The molecule has 26 heavy (non-hydrogen) atoms. The fraction of sp³-hybridized carbons (Fsp3) is 0.125. The van der Waals surface area contributed by atoms with Gasteiger partial charge in [0, 0.05) is 0 Å². The van der Waals surface area contributed by atoms with Crippen LogP contribution < -0.4 is 0 Å². The molecule has 4 aromatic carbocycles. The quantitative estimate of drug-likeness (QED) is 0.446. The molecule has 0 N–H and O–H groups in total. The molecular formula is C24H20O2. The molecule has 0 spiro atoms. The molecule has 0 saturated carbocycles. The Kier molecular flexibility index (Phi) is 4.40. The molecule has 4 aromatic rings. The first-order valence-corrected chi connectivity index (χ1v) is 8.91. The van der Waals surface area contributed by atoms with Crippen LogP contribution in [0.5, 0.6) is 0 Å². The number of fused-ring (bicyclic) bond motifs is 2. The molecule has 0 heterocycles. The summed E-state index contributed by atoms with van der Waals surface area (Å²) in [6.45, 7) is 2.21. The Morgan fingerprint density at radius 2 is 1.19 bits per heavy atom. The third-order valence-electron chi connectivity index (χ3n) is 4.79. The third kappa shape index (κ3) is 2.84. The van der Waals surface area contributed by atoms with Crippen LogP contribution in [0.15, 0.2) is 84.9 Å². The Hall–Kier alpha value is -3.13. The van der Waals surface area contributed by atoms with E-state index in [2.05, 4.69) is 36.4 Å². The van der Waals surface area contributed by atoms with Crippen molar-refractivity contribution in [3.05, 3.63) is 96.1 Å². The van der Waals surface area contributed by atoms with Crippen LogP contribution in [-0.2, 0) is 9.53 Å². The van der Waals surface area contributed by atoms with Gasteiger partial charge in [0.15, 0.2) is 0 Å². The first-order valence-electron chi connectivity index (χ1n) is 8.91. The van der Waals surface area contributed by atoms with Crippen LogP contribution in [-0.4, -0.2) is 12.6 Å². The molecule has 0 aliphatic rings. The smallest absolute Gasteiger partial charge is 0.317 e. The summed E-state index contributed by atoms with van der Waals surface area (Å²) < 4.78 is 5.47. The highest BCUT2D eigenvalue weighted by Gasteiger charge is 2.27. The van der Waals surface area contributed by atoms with Gasteiger partial charge in [-0.1, -0.05) is 84.9 Å². The van der Waals surface area contributed by atoms with E-state index in [0.29, 0.717) is 6.61 Å². The highest BCUT2D eigenvalue weighted by atomic mass is 16.5. The predicted molar refractivity (Wildman–Crippen MR) is 106 cm³/mol. The fourth-order valence-corrected chi connectivity index (χ4v) is 3.65. The van der Waals surface area contributed by atoms with Gasteiger partial charge in [-0.05, 0) is 39.6 Å². The molecule has 0 unspecified atom stereocenters. The molecule has 0 bridgehead atoms. The molecule has 2 heteroatoms. The van der Waals surface area contributed by atoms with Crippen molar-refractivity contribution in [3.8, 4) is 0 Å². The molecule has 4 rings (SSSR count). The molecule has 0 atom stereocenters. The standard InChI is InChI=1S/C24H20O2/c1-2-26-24(25)23(21-15-7-11-17-9-3-5-13-19(17)21)22-16-8-12-18-10-4-6-14-20(18)22/h3-16,23H,2H2,1H3. The van der Waals surface area contributed by atoms with Gasteiger partial charge in [0.1, 0.15) is 5.92 Å². The molecule has 2 nitrogen and oxygen atoms in total. The van der Waals surface area contributed by atoms with Crippen molar-refractivity contribution in [2.75, 3.05) is 6.61 Å². The minimum absolute atomic E-state index is 0.208. The topological polar surface area (TPSA) is 26.3 Å². The van der Waals surface area contributed by atoms with E-state index in [1.165, 1.54) is 0 Å². The maximum atomic E-state index is 13.0. The van der Waals surface area contributed by atoms with Crippen LogP contribution in [0.3, 0.4) is 0 Å². The second-order valence-corrected chi connectivity index (χ2v) is 6.32. The average molecular weight is 340 g/mol. The minimum Gasteiger partial charge on any atom is -0.465 e. The second kappa shape index (κ2) is 7.01. The lowest BCUT2D eigenvalue weighted by atomic mass is 9.85. The van der Waals surface area contributed by atoms with Crippen molar-refractivity contribution in [1.82, 2.24) is 0 Å². The number of hydrogen-bond donors (Lipinski definition) is 0. The van der Waals surface area contributed by atoms with Crippen LogP contribution >= 0.6 is 0 Å². The number of ether oxygens (including phenoxy) is 1. The van der Waals surface area contributed by atoms with Crippen molar-refractivity contribution < 1.29 is 9.53 Å². The second-order valence-electron chi connectivity index (χ2n) is 6.32. The van der Waals surface area contributed by atoms with E-state index in [4.69, 9.17) is 4.74 Å². The normalized spacial score (nSPS) is 11.2. The maximum Gasteiger partial charge on any atom is 0.317 e. The monoisotopic (exact) mass is 340 g/mol. The van der Waals surface area contributed by atoms with E-state index >= 15 is 0 Å². The summed E-state index contributed by atoms with van der Waals surface area (Å²) in [7, 11) is 0. The molecule has 0 saturated heterocycles. The van der Waals surface area contributed by atoms with Crippen LogP contribution in [0.25, 0.3) is 21.5 Å². The molecule has 0 amide bonds. The Balaban J connectivity index is 2.00. The van der Waals surface area contributed by atoms with Gasteiger partial charge in [-0.2, -0.15) is 0 Å². The largest absolute Gasteiger partial charge is 0.465 e. The lowest BCUT2D eigenvalue weighted by molar-refractivity contribution is -0.143. The van der Waals surface area contributed by atoms with Crippen molar-refractivity contribution in [2.24, 2.45) is 0 Å². The highest BCUT2D eigenvalue weighted by Crippen LogP contribution is 2.35. The number of carbonyl (C=O) groups excluding carboxylic acids is 1. The number of benzene rings is 4. The molecular weight excluding hydrogens is 320 g/mol. The van der Waals surface area contributed by atoms with E-state index in [1.807, 2.05) is 55.5 Å². The summed E-state index contributed by atoms with van der Waals surface area (Å²) in [6, 6.07) is 28.6. The average Bonchev–Trinajstić information content (AvgIpc) is 2.69. The van der Waals surface area contributed by atoms with Crippen LogP contribution in [0.1, 0.15) is 24.0 Å². The van der Waals surface area contributed by atoms with Crippen LogP contribution in [0.2, 0.25) is 0 Å². The third-order valence-corrected chi connectivity index (χ3v) is 4.79. The Morgan fingerprint density at radius 3 is 1.69 bits per heavy atom. The molecule has 0 fully saturated rings. The van der Waals surface area contributed by atoms with E-state index in [0.717, 1.165) is 32.7 Å². The van der Waals surface area contributed by atoms with Crippen molar-refractivity contribution in [3.63, 3.8) is 0 Å². The molecule has 0 aliphatic carbocycles. The summed E-state index contributed by atoms with van der Waals surface area (Å²) in [5.74, 6) is -0.660. The molecule has 0 radical (unpaired) electrons. The Labute approximate surface area is 153 Å². The van der Waals surface area contributed by atoms with Crippen molar-refractivity contribution >= 4 is 27.5 Å². The minimum atomic E-state index is -0.452. The Bertz CT molecular complexity index is 992. The van der Waals surface area contributed by atoms with Gasteiger partial charge in [-0.25, -0.2) is 0 Å². The van der Waals surface area contributed by atoms with Crippen molar-refractivity contribution in [1.29, 1.82) is 0 Å². The Morgan fingerprint density at radius 1 is 0.731 bits per heavy atom. The number of carbonyl (C=O) groups is 1. The molecule has 128 valence electrons. The zero-order valence-electron chi connectivity index (χ0n) is 14.7. The summed E-state index contributed by atoms with van der Waals surface area (Å²) in [6.07, 6.45) is 0. The zero-order valence-corrected chi connectivity index (χ0v) is 14.7. The summed E-state index contributed by atoms with van der Waals surface area (Å²) in [4.78, 5) is 13.0. The van der Waals surface area contributed by atoms with Gasteiger partial charge in [0.2, 0.25) is 0 Å². The van der Waals surface area contributed by atoms with Crippen molar-refractivity contribution in [2.45, 2.75) is 12.8 Å². The van der Waals surface area contributed by atoms with E-state index < -0.39 is 5.92 Å². The summed E-state index contributed by atoms with van der Waals surface area (Å²) in [5, 5.41) is 4.42. The lowest BCUT2D eigenvalue weighted by Gasteiger charge is -2.20. The highest BCUT2D eigenvalue weighted by molar-refractivity contribution is 5.97. The molecule has 0 aromatic heterocycles. The fourth-order valence-electron chi connectivity index (χ4n) is 3.65. The number of hydrogen-bond acceptors (Lipinski definition) is 2. The number of rotatable bonds is 4. The maximum absolute atomic E-state index is 13.0. The number of esters is 1. The SMILES string of the molecule is CCOC(=O)C(c1cccc2ccccc12)c1cccc2ccccc12. The van der Waals surface area contributed by atoms with Gasteiger partial charge < -0.3 is 4.74 Å². The molecule has 0 aliphatic heterocycles. The van der Waals surface area contributed by atoms with Gasteiger partial charge >= 0.3 is 5.97 Å². The van der Waals surface area contributed by atoms with Gasteiger partial charge in [0.25, 0.3) is 0 Å². The summed E-state index contributed by atoms with van der Waals surface area (Å²) >= 11 is 0. The van der Waals surface area contributed by atoms with E-state index in [1.54, 1.807) is 0 Å². The lowest BCUT2D eigenvalue weighted by Crippen LogP contribution is -2.18. The zero-order chi connectivity index (χ0) is 17.9. The first kappa shape index (κ1) is 16.3. The van der Waals surface area contributed by atoms with Gasteiger partial charge in [0.05, 0.1) is 6.61 Å².